The highest BCUT2D eigenvalue weighted by Crippen LogP contribution is 2.51. The van der Waals surface area contributed by atoms with Gasteiger partial charge in [0.15, 0.2) is 6.04 Å². The summed E-state index contributed by atoms with van der Waals surface area (Å²) in [5.74, 6) is 1.26. The summed E-state index contributed by atoms with van der Waals surface area (Å²) in [6, 6.07) is 22.9. The molecule has 5 rings (SSSR count). The van der Waals surface area contributed by atoms with Crippen LogP contribution in [0.1, 0.15) is 28.8 Å². The van der Waals surface area contributed by atoms with E-state index in [9.17, 15) is 13.2 Å². The third-order valence-electron chi connectivity index (χ3n) is 6.51. The zero-order chi connectivity index (χ0) is 23.9. The van der Waals surface area contributed by atoms with Crippen LogP contribution in [0.4, 0.5) is 18.9 Å². The van der Waals surface area contributed by atoms with Gasteiger partial charge in [-0.15, -0.1) is 0 Å². The lowest BCUT2D eigenvalue weighted by molar-refractivity contribution is -0.153. The number of hydrogen-bond donors (Lipinski definition) is 0. The van der Waals surface area contributed by atoms with Crippen molar-refractivity contribution in [2.45, 2.75) is 24.7 Å². The minimum atomic E-state index is -4.48. The molecule has 3 nitrogen and oxygen atoms in total. The molecule has 6 heteroatoms. The van der Waals surface area contributed by atoms with E-state index in [1.54, 1.807) is 49.6 Å². The van der Waals surface area contributed by atoms with Crippen molar-refractivity contribution in [3.05, 3.63) is 102 Å². The van der Waals surface area contributed by atoms with E-state index in [2.05, 4.69) is 0 Å². The molecule has 0 unspecified atom stereocenters. The summed E-state index contributed by atoms with van der Waals surface area (Å²) in [5, 5.41) is 1.74. The van der Waals surface area contributed by atoms with Gasteiger partial charge in [-0.1, -0.05) is 42.5 Å². The van der Waals surface area contributed by atoms with E-state index in [1.165, 1.54) is 12.0 Å². The number of alkyl halides is 3. The zero-order valence-corrected chi connectivity index (χ0v) is 18.8. The molecule has 0 saturated heterocycles. The standard InChI is InChI=1S/C28H24F3NO2/c1-33-23-11-7-18(8-12-23)26-17-21-15-19-5-3-4-6-20(19)16-25(21)27(28(29,30)31)32(26)22-9-13-24(34-2)14-10-22/h3-16,26-27H,17H2,1-2H3/t26-,27+/m1/s1. The molecule has 1 heterocycles. The molecule has 0 aromatic heterocycles. The second-order valence-corrected chi connectivity index (χ2v) is 8.44. The van der Waals surface area contributed by atoms with Crippen LogP contribution in [0.15, 0.2) is 84.9 Å². The molecule has 0 fully saturated rings. The first-order chi connectivity index (χ1) is 16.4. The van der Waals surface area contributed by atoms with Gasteiger partial charge in [-0.3, -0.25) is 0 Å². The SMILES string of the molecule is COc1ccc([C@H]2Cc3cc4ccccc4cc3[C@@H](C(F)(F)F)N2c2ccc(OC)cc2)cc1. The Bertz CT molecular complexity index is 1300. The molecule has 2 atom stereocenters. The second kappa shape index (κ2) is 8.60. The van der Waals surface area contributed by atoms with Crippen LogP contribution in [0.2, 0.25) is 0 Å². The summed E-state index contributed by atoms with van der Waals surface area (Å²) in [6.07, 6.45) is -4.03. The van der Waals surface area contributed by atoms with Crippen LogP contribution < -0.4 is 14.4 Å². The molecular formula is C28H24F3NO2. The maximum atomic E-state index is 14.8. The summed E-state index contributed by atoms with van der Waals surface area (Å²) in [7, 11) is 3.11. The predicted octanol–water partition coefficient (Wildman–Crippen LogP) is 7.26. The highest BCUT2D eigenvalue weighted by molar-refractivity contribution is 5.85. The van der Waals surface area contributed by atoms with Crippen molar-refractivity contribution in [2.24, 2.45) is 0 Å². The number of hydrogen-bond acceptors (Lipinski definition) is 3. The van der Waals surface area contributed by atoms with Crippen LogP contribution in [0.5, 0.6) is 11.5 Å². The van der Waals surface area contributed by atoms with E-state index in [0.717, 1.165) is 16.3 Å². The Labute approximate surface area is 196 Å². The van der Waals surface area contributed by atoms with Crippen LogP contribution in [-0.4, -0.2) is 20.4 Å². The molecule has 0 saturated carbocycles. The molecule has 0 bridgehead atoms. The van der Waals surface area contributed by atoms with Gasteiger partial charge in [0.05, 0.1) is 20.3 Å². The van der Waals surface area contributed by atoms with E-state index < -0.39 is 18.3 Å². The Morgan fingerprint density at radius 2 is 1.32 bits per heavy atom. The Morgan fingerprint density at radius 3 is 1.88 bits per heavy atom. The number of ether oxygens (including phenoxy) is 2. The molecule has 0 amide bonds. The Kier molecular flexibility index (Phi) is 5.60. The maximum Gasteiger partial charge on any atom is 0.413 e. The number of fused-ring (bicyclic) bond motifs is 2. The monoisotopic (exact) mass is 463 g/mol. The maximum absolute atomic E-state index is 14.8. The van der Waals surface area contributed by atoms with Crippen molar-refractivity contribution in [3.8, 4) is 11.5 Å². The van der Waals surface area contributed by atoms with Gasteiger partial charge in [0.25, 0.3) is 0 Å². The van der Waals surface area contributed by atoms with Gasteiger partial charge in [0.2, 0.25) is 0 Å². The van der Waals surface area contributed by atoms with Gasteiger partial charge >= 0.3 is 6.18 Å². The Morgan fingerprint density at radius 1 is 0.765 bits per heavy atom. The van der Waals surface area contributed by atoms with Crippen molar-refractivity contribution in [2.75, 3.05) is 19.1 Å². The topological polar surface area (TPSA) is 21.7 Å². The molecule has 4 aromatic rings. The average molecular weight is 463 g/mol. The van der Waals surface area contributed by atoms with Crippen LogP contribution >= 0.6 is 0 Å². The summed E-state index contributed by atoms with van der Waals surface area (Å²) in [5.41, 5.74) is 2.30. The highest BCUT2D eigenvalue weighted by Gasteiger charge is 2.50. The summed E-state index contributed by atoms with van der Waals surface area (Å²) in [6.45, 7) is 0. The first-order valence-corrected chi connectivity index (χ1v) is 11.0. The van der Waals surface area contributed by atoms with Crippen LogP contribution in [-0.2, 0) is 6.42 Å². The quantitative estimate of drug-likeness (QED) is 0.318. The molecule has 0 N–H and O–H groups in total. The van der Waals surface area contributed by atoms with Crippen LogP contribution in [0, 0.1) is 0 Å². The second-order valence-electron chi connectivity index (χ2n) is 8.44. The number of nitrogens with zero attached hydrogens (tertiary/aromatic N) is 1. The first-order valence-electron chi connectivity index (χ1n) is 11.0. The smallest absolute Gasteiger partial charge is 0.413 e. The molecule has 0 spiro atoms. The summed E-state index contributed by atoms with van der Waals surface area (Å²) in [4.78, 5) is 1.50. The van der Waals surface area contributed by atoms with E-state index in [0.29, 0.717) is 34.7 Å². The molecule has 1 aliphatic heterocycles. The number of halogens is 3. The van der Waals surface area contributed by atoms with Crippen molar-refractivity contribution in [1.82, 2.24) is 0 Å². The lowest BCUT2D eigenvalue weighted by Crippen LogP contribution is -2.45. The van der Waals surface area contributed by atoms with Crippen molar-refractivity contribution < 1.29 is 22.6 Å². The number of anilines is 1. The number of benzene rings is 4. The fourth-order valence-corrected chi connectivity index (χ4v) is 4.89. The molecule has 34 heavy (non-hydrogen) atoms. The lowest BCUT2D eigenvalue weighted by Gasteiger charge is -2.46. The minimum absolute atomic E-state index is 0.298. The van der Waals surface area contributed by atoms with Crippen molar-refractivity contribution >= 4 is 16.5 Å². The lowest BCUT2D eigenvalue weighted by atomic mass is 9.83. The first kappa shape index (κ1) is 22.1. The molecular weight excluding hydrogens is 439 g/mol. The van der Waals surface area contributed by atoms with Crippen molar-refractivity contribution in [3.63, 3.8) is 0 Å². The Balaban J connectivity index is 1.73. The van der Waals surface area contributed by atoms with Gasteiger partial charge in [-0.25, -0.2) is 0 Å². The molecule has 1 aliphatic rings. The third-order valence-corrected chi connectivity index (χ3v) is 6.51. The van der Waals surface area contributed by atoms with Crippen LogP contribution in [0.3, 0.4) is 0 Å². The number of methoxy groups -OCH3 is 2. The highest BCUT2D eigenvalue weighted by atomic mass is 19.4. The Hall–Kier alpha value is -3.67. The fraction of sp³-hybridized carbons (Fsp3) is 0.214. The van der Waals surface area contributed by atoms with Gasteiger partial charge in [-0.2, -0.15) is 13.2 Å². The van der Waals surface area contributed by atoms with Gasteiger partial charge in [0, 0.05) is 5.69 Å². The largest absolute Gasteiger partial charge is 0.497 e. The normalized spacial score (nSPS) is 18.0. The average Bonchev–Trinajstić information content (AvgIpc) is 2.86. The van der Waals surface area contributed by atoms with Gasteiger partial charge in [-0.05, 0) is 76.3 Å². The summed E-state index contributed by atoms with van der Waals surface area (Å²) < 4.78 is 55.0. The van der Waals surface area contributed by atoms with Gasteiger partial charge < -0.3 is 14.4 Å². The minimum Gasteiger partial charge on any atom is -0.497 e. The fourth-order valence-electron chi connectivity index (χ4n) is 4.89. The molecule has 174 valence electrons. The van der Waals surface area contributed by atoms with E-state index >= 15 is 0 Å². The van der Waals surface area contributed by atoms with Gasteiger partial charge in [0.1, 0.15) is 11.5 Å². The number of rotatable bonds is 4. The zero-order valence-electron chi connectivity index (χ0n) is 18.8. The van der Waals surface area contributed by atoms with Crippen LogP contribution in [0.25, 0.3) is 10.8 Å². The molecule has 4 aromatic carbocycles. The van der Waals surface area contributed by atoms with Crippen molar-refractivity contribution in [1.29, 1.82) is 0 Å². The summed E-state index contributed by atoms with van der Waals surface area (Å²) >= 11 is 0. The van der Waals surface area contributed by atoms with E-state index in [1.807, 2.05) is 42.5 Å². The van der Waals surface area contributed by atoms with E-state index in [4.69, 9.17) is 9.47 Å². The third kappa shape index (κ3) is 3.94. The van der Waals surface area contributed by atoms with E-state index in [-0.39, 0.29) is 0 Å². The molecule has 0 aliphatic carbocycles. The predicted molar refractivity (Wildman–Crippen MR) is 128 cm³/mol. The molecule has 0 radical (unpaired) electrons.